The number of hydrogen-bond acceptors (Lipinski definition) is 5. The number of rotatable bonds is 6. The number of esters is 1. The fourth-order valence-corrected chi connectivity index (χ4v) is 2.55. The van der Waals surface area contributed by atoms with Crippen molar-refractivity contribution in [2.75, 3.05) is 6.61 Å². The maximum atomic E-state index is 12.6. The van der Waals surface area contributed by atoms with E-state index in [1.165, 1.54) is 4.68 Å². The third-order valence-electron chi connectivity index (χ3n) is 3.71. The van der Waals surface area contributed by atoms with Gasteiger partial charge in [-0.05, 0) is 53.3 Å². The van der Waals surface area contributed by atoms with Crippen LogP contribution in [-0.2, 0) is 16.1 Å². The molecule has 2 aromatic carbocycles. The number of hydrogen-bond donors (Lipinski definition) is 0. The lowest BCUT2D eigenvalue weighted by atomic mass is 10.1. The minimum absolute atomic E-state index is 0.0624. The summed E-state index contributed by atoms with van der Waals surface area (Å²) in [6, 6.07) is 15.9. The van der Waals surface area contributed by atoms with Gasteiger partial charge in [0.1, 0.15) is 0 Å². The molecule has 0 aliphatic heterocycles. The van der Waals surface area contributed by atoms with Gasteiger partial charge in [-0.3, -0.25) is 0 Å². The first-order valence-corrected chi connectivity index (χ1v) is 8.68. The quantitative estimate of drug-likeness (QED) is 0.482. The molecule has 0 spiro atoms. The van der Waals surface area contributed by atoms with Gasteiger partial charge in [0.2, 0.25) is 0 Å². The highest BCUT2D eigenvalue weighted by atomic mass is 35.5. The molecule has 3 rings (SSSR count). The van der Waals surface area contributed by atoms with Gasteiger partial charge in [-0.1, -0.05) is 41.9 Å². The third kappa shape index (κ3) is 4.51. The highest BCUT2D eigenvalue weighted by Gasteiger charge is 2.16. The first-order chi connectivity index (χ1) is 13.1. The topological polar surface area (TPSA) is 79.0 Å². The molecule has 1 heterocycles. The van der Waals surface area contributed by atoms with Gasteiger partial charge in [-0.2, -0.15) is 9.36 Å². The summed E-state index contributed by atoms with van der Waals surface area (Å²) in [7, 11) is 0. The van der Waals surface area contributed by atoms with Crippen LogP contribution in [0, 0.1) is 0 Å². The number of nitrogens with zero attached hydrogens (tertiary/aromatic N) is 4. The molecule has 0 bridgehead atoms. The van der Waals surface area contributed by atoms with Gasteiger partial charge in [0, 0.05) is 5.02 Å². The second-order valence-electron chi connectivity index (χ2n) is 5.61. The molecule has 8 heteroatoms. The largest absolute Gasteiger partial charge is 0.463 e. The number of aromatic nitrogens is 4. The molecule has 138 valence electrons. The van der Waals surface area contributed by atoms with E-state index in [-0.39, 0.29) is 18.7 Å². The molecule has 0 radical (unpaired) electrons. The van der Waals surface area contributed by atoms with Crippen LogP contribution in [0.3, 0.4) is 0 Å². The van der Waals surface area contributed by atoms with Crippen LogP contribution in [0.5, 0.6) is 0 Å². The highest BCUT2D eigenvalue weighted by molar-refractivity contribution is 6.30. The van der Waals surface area contributed by atoms with Crippen LogP contribution < -0.4 is 5.69 Å². The van der Waals surface area contributed by atoms with Crippen LogP contribution in [0.1, 0.15) is 12.5 Å². The van der Waals surface area contributed by atoms with Gasteiger partial charge < -0.3 is 4.74 Å². The summed E-state index contributed by atoms with van der Waals surface area (Å²) in [5.41, 5.74) is 1.17. The zero-order chi connectivity index (χ0) is 19.2. The average Bonchev–Trinajstić information content (AvgIpc) is 3.04. The Hall–Kier alpha value is -3.19. The van der Waals surface area contributed by atoms with Crippen molar-refractivity contribution in [3.63, 3.8) is 0 Å². The van der Waals surface area contributed by atoms with E-state index >= 15 is 0 Å². The van der Waals surface area contributed by atoms with E-state index in [1.807, 2.05) is 6.07 Å². The monoisotopic (exact) mass is 384 g/mol. The minimum atomic E-state index is -0.520. The van der Waals surface area contributed by atoms with Gasteiger partial charge in [0.15, 0.2) is 0 Å². The smallest absolute Gasteiger partial charge is 0.368 e. The second-order valence-corrected chi connectivity index (χ2v) is 6.04. The van der Waals surface area contributed by atoms with Crippen LogP contribution >= 0.6 is 11.6 Å². The molecular formula is C19H17ClN4O3. The van der Waals surface area contributed by atoms with Gasteiger partial charge in [-0.25, -0.2) is 9.59 Å². The number of tetrazole rings is 1. The van der Waals surface area contributed by atoms with Crippen molar-refractivity contribution in [2.45, 2.75) is 13.5 Å². The van der Waals surface area contributed by atoms with Crippen molar-refractivity contribution < 1.29 is 9.53 Å². The summed E-state index contributed by atoms with van der Waals surface area (Å²) in [6.45, 7) is 1.88. The zero-order valence-corrected chi connectivity index (χ0v) is 15.3. The first-order valence-electron chi connectivity index (χ1n) is 8.30. The number of halogens is 1. The summed E-state index contributed by atoms with van der Waals surface area (Å²) in [5, 5.41) is 8.35. The summed E-state index contributed by atoms with van der Waals surface area (Å²) >= 11 is 5.89. The molecule has 0 amide bonds. The van der Waals surface area contributed by atoms with Crippen molar-refractivity contribution in [1.82, 2.24) is 19.8 Å². The van der Waals surface area contributed by atoms with Crippen LogP contribution in [0.2, 0.25) is 5.02 Å². The SMILES string of the molecule is CCOC(=O)/C(=C/c1ccc(Cl)cc1)Cn1nnn(-c2ccccc2)c1=O. The lowest BCUT2D eigenvalue weighted by molar-refractivity contribution is -0.138. The van der Waals surface area contributed by atoms with E-state index in [0.29, 0.717) is 10.7 Å². The second kappa shape index (κ2) is 8.46. The fourth-order valence-electron chi connectivity index (χ4n) is 2.42. The Morgan fingerprint density at radius 3 is 2.48 bits per heavy atom. The number of para-hydroxylation sites is 1. The highest BCUT2D eigenvalue weighted by Crippen LogP contribution is 2.14. The van der Waals surface area contributed by atoms with Crippen LogP contribution in [0.4, 0.5) is 0 Å². The van der Waals surface area contributed by atoms with Gasteiger partial charge in [0.05, 0.1) is 24.4 Å². The van der Waals surface area contributed by atoms with E-state index in [0.717, 1.165) is 10.2 Å². The molecular weight excluding hydrogens is 368 g/mol. The predicted molar refractivity (Wildman–Crippen MR) is 102 cm³/mol. The van der Waals surface area contributed by atoms with Gasteiger partial charge in [-0.15, -0.1) is 0 Å². The van der Waals surface area contributed by atoms with Crippen molar-refractivity contribution in [3.05, 3.63) is 81.2 Å². The average molecular weight is 385 g/mol. The lowest BCUT2D eigenvalue weighted by Gasteiger charge is -2.06. The first kappa shape index (κ1) is 18.6. The zero-order valence-electron chi connectivity index (χ0n) is 14.6. The molecule has 0 saturated carbocycles. The molecule has 0 aliphatic carbocycles. The summed E-state index contributed by atoms with van der Waals surface area (Å²) in [6.07, 6.45) is 1.64. The van der Waals surface area contributed by atoms with E-state index < -0.39 is 11.7 Å². The number of carbonyl (C=O) groups is 1. The molecule has 0 fully saturated rings. The molecule has 0 aliphatic rings. The molecule has 1 aromatic heterocycles. The Kier molecular flexibility index (Phi) is 5.83. The number of carbonyl (C=O) groups excluding carboxylic acids is 1. The Morgan fingerprint density at radius 2 is 1.81 bits per heavy atom. The summed E-state index contributed by atoms with van der Waals surface area (Å²) in [5.74, 6) is -0.520. The van der Waals surface area contributed by atoms with E-state index in [4.69, 9.17) is 16.3 Å². The number of benzene rings is 2. The summed E-state index contributed by atoms with van der Waals surface area (Å²) < 4.78 is 7.39. The van der Waals surface area contributed by atoms with Crippen LogP contribution in [0.25, 0.3) is 11.8 Å². The van der Waals surface area contributed by atoms with E-state index in [9.17, 15) is 9.59 Å². The fraction of sp³-hybridized carbons (Fsp3) is 0.158. The van der Waals surface area contributed by atoms with Crippen LogP contribution in [0.15, 0.2) is 65.0 Å². The molecule has 3 aromatic rings. The summed E-state index contributed by atoms with van der Waals surface area (Å²) in [4.78, 5) is 24.9. The van der Waals surface area contributed by atoms with Crippen molar-refractivity contribution in [1.29, 1.82) is 0 Å². The van der Waals surface area contributed by atoms with Crippen LogP contribution in [-0.4, -0.2) is 32.4 Å². The van der Waals surface area contributed by atoms with Gasteiger partial charge >= 0.3 is 11.7 Å². The lowest BCUT2D eigenvalue weighted by Crippen LogP contribution is -2.26. The van der Waals surface area contributed by atoms with Crippen molar-refractivity contribution >= 4 is 23.6 Å². The molecule has 0 N–H and O–H groups in total. The van der Waals surface area contributed by atoms with Crippen molar-refractivity contribution in [3.8, 4) is 5.69 Å². The normalized spacial score (nSPS) is 11.4. The van der Waals surface area contributed by atoms with Gasteiger partial charge in [0.25, 0.3) is 0 Å². The van der Waals surface area contributed by atoms with E-state index in [2.05, 4.69) is 10.4 Å². The Labute approximate surface area is 160 Å². The Morgan fingerprint density at radius 1 is 1.11 bits per heavy atom. The maximum absolute atomic E-state index is 12.6. The molecule has 27 heavy (non-hydrogen) atoms. The Balaban J connectivity index is 1.93. The number of ether oxygens (including phenoxy) is 1. The standard InChI is InChI=1S/C19H17ClN4O3/c1-2-27-18(25)15(12-14-8-10-16(20)11-9-14)13-23-19(26)24(22-21-23)17-6-4-3-5-7-17/h3-12H,2,13H2,1H3/b15-12+. The molecule has 0 saturated heterocycles. The third-order valence-corrected chi connectivity index (χ3v) is 3.96. The van der Waals surface area contributed by atoms with Crippen molar-refractivity contribution in [2.24, 2.45) is 0 Å². The predicted octanol–water partition coefficient (Wildman–Crippen LogP) is 2.73. The molecule has 7 nitrogen and oxygen atoms in total. The Bertz CT molecular complexity index is 1010. The maximum Gasteiger partial charge on any atom is 0.368 e. The van der Waals surface area contributed by atoms with E-state index in [1.54, 1.807) is 61.5 Å². The molecule has 0 atom stereocenters. The molecule has 0 unspecified atom stereocenters. The minimum Gasteiger partial charge on any atom is -0.463 e.